The summed E-state index contributed by atoms with van der Waals surface area (Å²) in [6.07, 6.45) is -0.285. The highest BCUT2D eigenvalue weighted by Gasteiger charge is 2.35. The average Bonchev–Trinajstić information content (AvgIpc) is 3.49. The Morgan fingerprint density at radius 2 is 1.88 bits per heavy atom. The van der Waals surface area contributed by atoms with Crippen molar-refractivity contribution >= 4 is 5.97 Å². The van der Waals surface area contributed by atoms with E-state index in [2.05, 4.69) is 4.74 Å². The Bertz CT molecular complexity index is 786. The number of hydrogen-bond acceptors (Lipinski definition) is 3. The zero-order chi connectivity index (χ0) is 27.1. The van der Waals surface area contributed by atoms with Crippen LogP contribution in [0.1, 0.15) is 85.9 Å². The van der Waals surface area contributed by atoms with Crippen molar-refractivity contribution < 1.29 is 29.3 Å². The van der Waals surface area contributed by atoms with Gasteiger partial charge in [-0.25, -0.2) is 0 Å². The van der Waals surface area contributed by atoms with Crippen molar-refractivity contribution in [3.63, 3.8) is 0 Å². The highest BCUT2D eigenvalue weighted by atomic mass is 16.6. The van der Waals surface area contributed by atoms with Crippen LogP contribution in [0.3, 0.4) is 0 Å². The molecule has 1 fully saturated rings. The van der Waals surface area contributed by atoms with Crippen LogP contribution in [0.15, 0.2) is 36.5 Å². The molecule has 0 aliphatic carbocycles. The normalized spacial score (nSPS) is 30.1. The summed E-state index contributed by atoms with van der Waals surface area (Å²) in [4.78, 5) is 11.0. The number of epoxide rings is 1. The van der Waals surface area contributed by atoms with Crippen molar-refractivity contribution in [2.24, 2.45) is 0 Å². The quantitative estimate of drug-likeness (QED) is 0.180. The van der Waals surface area contributed by atoms with E-state index in [9.17, 15) is 4.79 Å². The number of rotatable bonds is 14. The fourth-order valence-electron chi connectivity index (χ4n) is 2.05. The Hall–Kier alpha value is -1.35. The van der Waals surface area contributed by atoms with Gasteiger partial charge in [0, 0.05) is 21.5 Å². The van der Waals surface area contributed by atoms with Gasteiger partial charge in [-0.15, -0.1) is 0 Å². The molecular weight excluding hydrogens is 300 g/mol. The Balaban J connectivity index is 2.48. The smallest absolute Gasteiger partial charge is 0.305 e. The molecule has 0 spiro atoms. The van der Waals surface area contributed by atoms with Crippen molar-refractivity contribution in [2.45, 2.75) is 83.1 Å². The summed E-state index contributed by atoms with van der Waals surface area (Å²) in [5, 5.41) is 0. The van der Waals surface area contributed by atoms with Crippen LogP contribution in [0.25, 0.3) is 0 Å². The average molecular weight is 346 g/mol. The van der Waals surface area contributed by atoms with Crippen LogP contribution >= 0.6 is 0 Å². The lowest BCUT2D eigenvalue weighted by molar-refractivity contribution is -0.140. The first-order chi connectivity index (χ1) is 15.9. The molecule has 1 aliphatic rings. The van der Waals surface area contributed by atoms with Crippen LogP contribution in [0, 0.1) is 0 Å². The first-order valence-corrected chi connectivity index (χ1v) is 8.12. The number of esters is 1. The van der Waals surface area contributed by atoms with E-state index in [0.29, 0.717) is 12.8 Å². The molecule has 0 aromatic carbocycles. The van der Waals surface area contributed by atoms with Gasteiger partial charge < -0.3 is 9.47 Å². The van der Waals surface area contributed by atoms with Crippen molar-refractivity contribution in [2.75, 3.05) is 7.11 Å². The Labute approximate surface area is 163 Å². The van der Waals surface area contributed by atoms with E-state index in [1.807, 2.05) is 18.2 Å². The lowest BCUT2D eigenvalue weighted by Crippen LogP contribution is -1.98. The van der Waals surface area contributed by atoms with E-state index in [4.69, 9.17) is 19.8 Å². The maximum Gasteiger partial charge on any atom is 0.305 e. The highest BCUT2D eigenvalue weighted by Crippen LogP contribution is 2.29. The molecule has 1 heterocycles. The van der Waals surface area contributed by atoms with Crippen molar-refractivity contribution in [3.8, 4) is 0 Å². The summed E-state index contributed by atoms with van der Waals surface area (Å²) in [6.45, 7) is -3.48. The molecule has 1 rings (SSSR count). The zero-order valence-electron chi connectivity index (χ0n) is 25.1. The SMILES string of the molecule is [2H]C([2H])([2H])C([2H])([2H])C([2H])([2H])C([2H])([2H])C([2H])([2H])/C=C\C/C=C\C[C@H]1O[C@H]1C/C=C\CCCC(=O)OC. The predicted molar refractivity (Wildman–Crippen MR) is 99.9 cm³/mol. The third-order valence-corrected chi connectivity index (χ3v) is 3.41. The van der Waals surface area contributed by atoms with Gasteiger partial charge in [0.05, 0.1) is 19.3 Å². The molecule has 0 saturated carbocycles. The number of carbonyl (C=O) groups is 1. The monoisotopic (exact) mass is 345 g/mol. The molecule has 0 aromatic heterocycles. The fourth-order valence-corrected chi connectivity index (χ4v) is 2.05. The van der Waals surface area contributed by atoms with Gasteiger partial charge >= 0.3 is 5.97 Å². The summed E-state index contributed by atoms with van der Waals surface area (Å²) in [6, 6.07) is 0. The van der Waals surface area contributed by atoms with Crippen molar-refractivity contribution in [3.05, 3.63) is 36.5 Å². The summed E-state index contributed by atoms with van der Waals surface area (Å²) in [5.74, 6) is -0.224. The van der Waals surface area contributed by atoms with Gasteiger partial charge in [-0.2, -0.15) is 0 Å². The second kappa shape index (κ2) is 14.0. The molecule has 1 aliphatic heterocycles. The number of allylic oxidation sites excluding steroid dienone is 4. The molecule has 3 nitrogen and oxygen atoms in total. The molecule has 0 amide bonds. The fraction of sp³-hybridized carbons (Fsp3) is 0.667. The van der Waals surface area contributed by atoms with E-state index in [1.165, 1.54) is 13.2 Å². The van der Waals surface area contributed by atoms with Gasteiger partial charge in [-0.05, 0) is 44.8 Å². The maximum atomic E-state index is 11.0. The molecule has 3 heteroatoms. The van der Waals surface area contributed by atoms with Crippen molar-refractivity contribution in [1.29, 1.82) is 0 Å². The minimum absolute atomic E-state index is 0.0740. The molecule has 0 unspecified atom stereocenters. The van der Waals surface area contributed by atoms with Crippen LogP contribution in [0.4, 0.5) is 0 Å². The highest BCUT2D eigenvalue weighted by molar-refractivity contribution is 5.69. The Kier molecular flexibility index (Phi) is 5.48. The largest absolute Gasteiger partial charge is 0.469 e. The molecule has 0 radical (unpaired) electrons. The molecule has 0 N–H and O–H groups in total. The summed E-state index contributed by atoms with van der Waals surface area (Å²) in [5.41, 5.74) is 0. The Morgan fingerprint density at radius 1 is 1.12 bits per heavy atom. The molecule has 24 heavy (non-hydrogen) atoms. The lowest BCUT2D eigenvalue weighted by Gasteiger charge is -1.95. The maximum absolute atomic E-state index is 11.0. The number of hydrogen-bond donors (Lipinski definition) is 0. The van der Waals surface area contributed by atoms with Gasteiger partial charge in [0.15, 0.2) is 0 Å². The number of ether oxygens (including phenoxy) is 2. The number of unbranched alkanes of at least 4 members (excludes halogenated alkanes) is 1. The third-order valence-electron chi connectivity index (χ3n) is 3.41. The van der Waals surface area contributed by atoms with Gasteiger partial charge in [0.2, 0.25) is 0 Å². The van der Waals surface area contributed by atoms with Gasteiger partial charge in [-0.1, -0.05) is 56.1 Å². The van der Waals surface area contributed by atoms with Gasteiger partial charge in [0.25, 0.3) is 0 Å². The van der Waals surface area contributed by atoms with E-state index >= 15 is 0 Å². The predicted octanol–water partition coefficient (Wildman–Crippen LogP) is 5.52. The van der Waals surface area contributed by atoms with E-state index in [1.54, 1.807) is 6.08 Å². The van der Waals surface area contributed by atoms with E-state index < -0.39 is 32.3 Å². The number of carbonyl (C=O) groups excluding carboxylic acids is 1. The van der Waals surface area contributed by atoms with Gasteiger partial charge in [-0.3, -0.25) is 4.79 Å². The van der Waals surface area contributed by atoms with Crippen LogP contribution in [0.5, 0.6) is 0 Å². The van der Waals surface area contributed by atoms with Crippen LogP contribution in [-0.2, 0) is 14.3 Å². The van der Waals surface area contributed by atoms with Crippen molar-refractivity contribution in [1.82, 2.24) is 0 Å². The Morgan fingerprint density at radius 3 is 2.62 bits per heavy atom. The van der Waals surface area contributed by atoms with E-state index in [0.717, 1.165) is 25.3 Å². The molecule has 2 atom stereocenters. The van der Waals surface area contributed by atoms with Crippen LogP contribution in [0.2, 0.25) is 0 Å². The van der Waals surface area contributed by atoms with Gasteiger partial charge in [0.1, 0.15) is 0 Å². The minimum Gasteiger partial charge on any atom is -0.469 e. The summed E-state index contributed by atoms with van der Waals surface area (Å²) >= 11 is 0. The molecule has 136 valence electrons. The molecule has 0 aromatic rings. The zero-order valence-corrected chi connectivity index (χ0v) is 14.1. The molecule has 0 bridgehead atoms. The van der Waals surface area contributed by atoms with E-state index in [-0.39, 0.29) is 24.6 Å². The molecule has 1 saturated heterocycles. The third kappa shape index (κ3) is 11.2. The second-order valence-electron chi connectivity index (χ2n) is 5.25. The second-order valence-corrected chi connectivity index (χ2v) is 5.25. The lowest BCUT2D eigenvalue weighted by atomic mass is 10.1. The minimum atomic E-state index is -3.64. The summed E-state index contributed by atoms with van der Waals surface area (Å²) in [7, 11) is 1.36. The summed E-state index contributed by atoms with van der Waals surface area (Å²) < 4.78 is 94.2. The number of methoxy groups -OCH3 is 1. The topological polar surface area (TPSA) is 38.8 Å². The van der Waals surface area contributed by atoms with Crippen LogP contribution < -0.4 is 0 Å². The van der Waals surface area contributed by atoms with Crippen LogP contribution in [-0.4, -0.2) is 25.3 Å². The first kappa shape index (κ1) is 9.38. The first-order valence-electron chi connectivity index (χ1n) is 13.6. The molecular formula is C21H34O3. The standard InChI is InChI=1S/C21H34O3/c1-3-4-5-6-7-8-9-10-13-16-19-20(24-19)17-14-11-12-15-18-21(22)23-2/h7-8,10-11,13-14,19-20H,3-6,9,12,15-18H2,1-2H3/b8-7-,13-10-,14-11-/t19-,20+/m1/s1/i1D3,3D2,4D2,5D2,6D2.